The lowest BCUT2D eigenvalue weighted by atomic mass is 10.1. The molecule has 0 aliphatic carbocycles. The molecule has 0 spiro atoms. The predicted molar refractivity (Wildman–Crippen MR) is 160 cm³/mol. The maximum absolute atomic E-state index is 12.8. The van der Waals surface area contributed by atoms with Crippen LogP contribution in [-0.4, -0.2) is 72.8 Å². The molecule has 1 atom stereocenters. The lowest BCUT2D eigenvalue weighted by Gasteiger charge is -2.40. The van der Waals surface area contributed by atoms with Gasteiger partial charge in [-0.1, -0.05) is 67.6 Å². The fourth-order valence-corrected chi connectivity index (χ4v) is 6.17. The molecule has 0 saturated carbocycles. The van der Waals surface area contributed by atoms with Gasteiger partial charge in [-0.2, -0.15) is 0 Å². The first kappa shape index (κ1) is 28.1. The number of aryl methyl sites for hydroxylation is 1. The van der Waals surface area contributed by atoms with E-state index in [2.05, 4.69) is 64.2 Å². The molecule has 1 saturated heterocycles. The zero-order chi connectivity index (χ0) is 28.2. The van der Waals surface area contributed by atoms with Crippen LogP contribution in [0.2, 0.25) is 0 Å². The van der Waals surface area contributed by atoms with Crippen molar-refractivity contribution in [3.63, 3.8) is 0 Å². The molecule has 1 aliphatic rings. The number of fused-ring (bicyclic) bond motifs is 3. The molecule has 0 radical (unpaired) electrons. The van der Waals surface area contributed by atoms with Crippen LogP contribution < -0.4 is 0 Å². The molecule has 2 aromatic carbocycles. The Morgan fingerprint density at radius 1 is 1.05 bits per heavy atom. The van der Waals surface area contributed by atoms with Crippen LogP contribution in [-0.2, 0) is 16.1 Å². The van der Waals surface area contributed by atoms with E-state index in [-0.39, 0.29) is 23.8 Å². The van der Waals surface area contributed by atoms with Gasteiger partial charge in [-0.05, 0) is 44.4 Å². The number of unbranched alkanes of at least 4 members (excludes halogenated alkanes) is 1. The molecule has 2 aromatic heterocycles. The number of amides is 2. The first-order valence-corrected chi connectivity index (χ1v) is 15.2. The molecule has 1 aliphatic heterocycles. The minimum Gasteiger partial charge on any atom is -0.339 e. The number of carbonyl (C=O) groups is 2. The van der Waals surface area contributed by atoms with Crippen molar-refractivity contribution in [2.75, 3.05) is 25.4 Å². The number of rotatable bonds is 9. The Morgan fingerprint density at radius 3 is 2.60 bits per heavy atom. The summed E-state index contributed by atoms with van der Waals surface area (Å²) < 4.78 is 2.23. The molecular formula is C31H38N6O2S. The van der Waals surface area contributed by atoms with Crippen molar-refractivity contribution >= 4 is 45.6 Å². The average Bonchev–Trinajstić information content (AvgIpc) is 3.24. The first-order chi connectivity index (χ1) is 19.3. The number of piperazine rings is 1. The van der Waals surface area contributed by atoms with Crippen LogP contribution >= 0.6 is 11.8 Å². The Kier molecular flexibility index (Phi) is 8.69. The zero-order valence-corrected chi connectivity index (χ0v) is 24.7. The Balaban J connectivity index is 1.18. The van der Waals surface area contributed by atoms with Gasteiger partial charge in [0.1, 0.15) is 5.52 Å². The molecule has 1 fully saturated rings. The van der Waals surface area contributed by atoms with Crippen molar-refractivity contribution in [2.45, 2.75) is 64.7 Å². The van der Waals surface area contributed by atoms with E-state index in [1.807, 2.05) is 36.6 Å². The highest BCUT2D eigenvalue weighted by Crippen LogP contribution is 2.29. The van der Waals surface area contributed by atoms with Crippen LogP contribution in [0.3, 0.4) is 0 Å². The summed E-state index contributed by atoms with van der Waals surface area (Å²) in [5.41, 5.74) is 5.18. The third-order valence-electron chi connectivity index (χ3n) is 7.56. The van der Waals surface area contributed by atoms with E-state index in [9.17, 15) is 9.59 Å². The summed E-state index contributed by atoms with van der Waals surface area (Å²) in [4.78, 5) is 33.9. The molecule has 0 N–H and O–H groups in total. The van der Waals surface area contributed by atoms with Crippen LogP contribution in [0.5, 0.6) is 0 Å². The lowest BCUT2D eigenvalue weighted by Crippen LogP contribution is -2.56. The number of nitrogens with zero attached hydrogens (tertiary/aromatic N) is 6. The van der Waals surface area contributed by atoms with Gasteiger partial charge in [-0.15, -0.1) is 10.2 Å². The Labute approximate surface area is 240 Å². The maximum atomic E-state index is 12.8. The van der Waals surface area contributed by atoms with Crippen LogP contribution in [0, 0.1) is 12.8 Å². The van der Waals surface area contributed by atoms with Crippen molar-refractivity contribution < 1.29 is 9.59 Å². The topological polar surface area (TPSA) is 84.2 Å². The molecule has 4 aromatic rings. The van der Waals surface area contributed by atoms with Gasteiger partial charge in [-0.25, -0.2) is 4.98 Å². The third kappa shape index (κ3) is 6.14. The second-order valence-electron chi connectivity index (χ2n) is 11.0. The molecule has 0 bridgehead atoms. The van der Waals surface area contributed by atoms with E-state index in [0.29, 0.717) is 37.8 Å². The second-order valence-corrected chi connectivity index (χ2v) is 12.1. The summed E-state index contributed by atoms with van der Waals surface area (Å²) in [6, 6.07) is 16.9. The normalized spacial score (nSPS) is 15.9. The lowest BCUT2D eigenvalue weighted by molar-refractivity contribution is -0.144. The minimum atomic E-state index is -0.0153. The van der Waals surface area contributed by atoms with Gasteiger partial charge in [0.05, 0.1) is 5.52 Å². The van der Waals surface area contributed by atoms with Crippen LogP contribution in [0.25, 0.3) is 22.1 Å². The average molecular weight is 559 g/mol. The Hall–Kier alpha value is -3.46. The Bertz CT molecular complexity index is 1500. The van der Waals surface area contributed by atoms with Gasteiger partial charge in [0.25, 0.3) is 0 Å². The van der Waals surface area contributed by atoms with Crippen molar-refractivity contribution in [2.24, 2.45) is 5.92 Å². The molecule has 40 heavy (non-hydrogen) atoms. The zero-order valence-electron chi connectivity index (χ0n) is 23.8. The predicted octanol–water partition coefficient (Wildman–Crippen LogP) is 5.31. The van der Waals surface area contributed by atoms with Crippen LogP contribution in [0.15, 0.2) is 53.7 Å². The standard InChI is InChI=1S/C31H38N6O2S/c1-21(2)30(39)36-16-15-35(19-23(36)4)27(38)12-8-9-17-40-31-32-29-28(33-34-31)25-18-22(3)13-14-26(25)37(29)20-24-10-6-5-7-11-24/h5-7,10-11,13-14,18,21,23H,8-9,12,15-17,19-20H2,1-4H3. The Morgan fingerprint density at radius 2 is 1.85 bits per heavy atom. The van der Waals surface area contributed by atoms with E-state index in [1.165, 1.54) is 11.1 Å². The van der Waals surface area contributed by atoms with E-state index in [1.54, 1.807) is 11.8 Å². The minimum absolute atomic E-state index is 0.0153. The fourth-order valence-electron chi connectivity index (χ4n) is 5.39. The van der Waals surface area contributed by atoms with Gasteiger partial charge >= 0.3 is 0 Å². The highest BCUT2D eigenvalue weighted by Gasteiger charge is 2.30. The summed E-state index contributed by atoms with van der Waals surface area (Å²) in [5.74, 6) is 1.15. The number of carbonyl (C=O) groups excluding carboxylic acids is 2. The van der Waals surface area contributed by atoms with E-state index in [0.717, 1.165) is 40.7 Å². The number of aromatic nitrogens is 4. The molecule has 1 unspecified atom stereocenters. The monoisotopic (exact) mass is 558 g/mol. The number of hydrogen-bond donors (Lipinski definition) is 0. The summed E-state index contributed by atoms with van der Waals surface area (Å²) >= 11 is 1.59. The second kappa shape index (κ2) is 12.4. The van der Waals surface area contributed by atoms with E-state index in [4.69, 9.17) is 4.98 Å². The van der Waals surface area contributed by atoms with Crippen molar-refractivity contribution in [1.29, 1.82) is 0 Å². The van der Waals surface area contributed by atoms with E-state index >= 15 is 0 Å². The number of hydrogen-bond acceptors (Lipinski definition) is 6. The molecule has 3 heterocycles. The third-order valence-corrected chi connectivity index (χ3v) is 8.48. The molecule has 2 amide bonds. The van der Waals surface area contributed by atoms with Crippen molar-refractivity contribution in [3.8, 4) is 0 Å². The fraction of sp³-hybridized carbons (Fsp3) is 0.452. The number of thioether (sulfide) groups is 1. The van der Waals surface area contributed by atoms with Crippen molar-refractivity contribution in [1.82, 2.24) is 29.5 Å². The van der Waals surface area contributed by atoms with Crippen LogP contribution in [0.1, 0.15) is 51.2 Å². The smallest absolute Gasteiger partial charge is 0.225 e. The van der Waals surface area contributed by atoms with Gasteiger partial charge in [-0.3, -0.25) is 9.59 Å². The quantitative estimate of drug-likeness (QED) is 0.204. The van der Waals surface area contributed by atoms with Gasteiger partial charge in [0.15, 0.2) is 5.65 Å². The first-order valence-electron chi connectivity index (χ1n) is 14.2. The van der Waals surface area contributed by atoms with Crippen LogP contribution in [0.4, 0.5) is 0 Å². The SMILES string of the molecule is Cc1ccc2c(c1)c1nnc(SCCCCC(=O)N3CCN(C(=O)C(C)C)C(C)C3)nc1n2Cc1ccccc1. The van der Waals surface area contributed by atoms with Gasteiger partial charge in [0.2, 0.25) is 17.0 Å². The summed E-state index contributed by atoms with van der Waals surface area (Å²) in [5, 5.41) is 10.8. The van der Waals surface area contributed by atoms with E-state index < -0.39 is 0 Å². The summed E-state index contributed by atoms with van der Waals surface area (Å²) in [7, 11) is 0. The maximum Gasteiger partial charge on any atom is 0.225 e. The molecule has 5 rings (SSSR count). The van der Waals surface area contributed by atoms with Crippen molar-refractivity contribution in [3.05, 3.63) is 59.7 Å². The molecule has 9 heteroatoms. The van der Waals surface area contributed by atoms with Gasteiger partial charge in [0, 0.05) is 55.7 Å². The van der Waals surface area contributed by atoms with Gasteiger partial charge < -0.3 is 14.4 Å². The number of benzene rings is 2. The highest BCUT2D eigenvalue weighted by molar-refractivity contribution is 7.99. The largest absolute Gasteiger partial charge is 0.339 e. The molecule has 210 valence electrons. The molecule has 8 nitrogen and oxygen atoms in total. The summed E-state index contributed by atoms with van der Waals surface area (Å²) in [6.07, 6.45) is 2.23. The molecular weight excluding hydrogens is 520 g/mol. The summed E-state index contributed by atoms with van der Waals surface area (Å²) in [6.45, 7) is 10.5. The highest BCUT2D eigenvalue weighted by atomic mass is 32.2.